The Morgan fingerprint density at radius 1 is 1.21 bits per heavy atom. The molecule has 19 heavy (non-hydrogen) atoms. The molecule has 1 rings (SSSR count). The van der Waals surface area contributed by atoms with E-state index in [9.17, 15) is 4.79 Å². The minimum Gasteiger partial charge on any atom is -0.466 e. The van der Waals surface area contributed by atoms with Crippen LogP contribution < -0.4 is 0 Å². The van der Waals surface area contributed by atoms with Crippen LogP contribution in [0, 0.1) is 11.8 Å². The van der Waals surface area contributed by atoms with Crippen LogP contribution in [0.5, 0.6) is 0 Å². The van der Waals surface area contributed by atoms with Crippen molar-refractivity contribution < 1.29 is 9.53 Å². The summed E-state index contributed by atoms with van der Waals surface area (Å²) < 4.78 is 5.21. The third kappa shape index (κ3) is 3.95. The van der Waals surface area contributed by atoms with Gasteiger partial charge in [0.1, 0.15) is 0 Å². The molecule has 0 aliphatic heterocycles. The van der Waals surface area contributed by atoms with Gasteiger partial charge in [0.05, 0.1) is 13.0 Å². The summed E-state index contributed by atoms with van der Waals surface area (Å²) in [5, 5.41) is 0. The molecule has 3 nitrogen and oxygen atoms in total. The second-order valence-electron chi connectivity index (χ2n) is 6.08. The number of carbonyl (C=O) groups is 1. The van der Waals surface area contributed by atoms with Crippen molar-refractivity contribution in [2.45, 2.75) is 65.8 Å². The van der Waals surface area contributed by atoms with E-state index in [0.717, 1.165) is 31.8 Å². The summed E-state index contributed by atoms with van der Waals surface area (Å²) in [7, 11) is 0. The summed E-state index contributed by atoms with van der Waals surface area (Å²) >= 11 is 0. The third-order valence-electron chi connectivity index (χ3n) is 4.95. The van der Waals surface area contributed by atoms with E-state index in [1.165, 1.54) is 6.42 Å². The summed E-state index contributed by atoms with van der Waals surface area (Å²) in [5.41, 5.74) is 0.0294. The molecule has 1 saturated carbocycles. The van der Waals surface area contributed by atoms with E-state index in [1.54, 1.807) is 0 Å². The number of nitrogens with zero attached hydrogens (tertiary/aromatic N) is 1. The van der Waals surface area contributed by atoms with E-state index in [1.807, 2.05) is 6.92 Å². The maximum Gasteiger partial charge on any atom is 0.307 e. The van der Waals surface area contributed by atoms with Gasteiger partial charge in [0.2, 0.25) is 0 Å². The first-order valence-corrected chi connectivity index (χ1v) is 7.89. The fourth-order valence-electron chi connectivity index (χ4n) is 3.62. The molecule has 3 atom stereocenters. The van der Waals surface area contributed by atoms with Crippen LogP contribution >= 0.6 is 0 Å². The third-order valence-corrected chi connectivity index (χ3v) is 4.95. The van der Waals surface area contributed by atoms with E-state index in [0.29, 0.717) is 18.9 Å². The molecule has 3 unspecified atom stereocenters. The summed E-state index contributed by atoms with van der Waals surface area (Å²) in [4.78, 5) is 14.5. The summed E-state index contributed by atoms with van der Waals surface area (Å²) in [5.74, 6) is 1.42. The van der Waals surface area contributed by atoms with Gasteiger partial charge >= 0.3 is 5.97 Å². The highest BCUT2D eigenvalue weighted by molar-refractivity contribution is 5.71. The van der Waals surface area contributed by atoms with Crippen molar-refractivity contribution in [3.8, 4) is 0 Å². The van der Waals surface area contributed by atoms with Gasteiger partial charge < -0.3 is 4.74 Å². The minimum atomic E-state index is -0.0313. The van der Waals surface area contributed by atoms with Gasteiger partial charge in [-0.3, -0.25) is 9.69 Å². The summed E-state index contributed by atoms with van der Waals surface area (Å²) in [6.45, 7) is 13.4. The predicted molar refractivity (Wildman–Crippen MR) is 79.1 cm³/mol. The molecular weight excluding hydrogens is 238 g/mol. The first kappa shape index (κ1) is 16.5. The highest BCUT2D eigenvalue weighted by atomic mass is 16.5. The molecule has 3 heteroatoms. The number of hydrogen-bond donors (Lipinski definition) is 0. The van der Waals surface area contributed by atoms with Crippen LogP contribution in [0.3, 0.4) is 0 Å². The molecule has 0 radical (unpaired) electrons. The number of ether oxygens (including phenoxy) is 1. The van der Waals surface area contributed by atoms with Gasteiger partial charge in [0.25, 0.3) is 0 Å². The average molecular weight is 269 g/mol. The van der Waals surface area contributed by atoms with E-state index in [2.05, 4.69) is 32.6 Å². The zero-order chi connectivity index (χ0) is 14.5. The lowest BCUT2D eigenvalue weighted by Gasteiger charge is -2.49. The van der Waals surface area contributed by atoms with Crippen LogP contribution in [0.25, 0.3) is 0 Å². The lowest BCUT2D eigenvalue weighted by molar-refractivity contribution is -0.148. The Kier molecular flexibility index (Phi) is 6.31. The molecule has 0 N–H and O–H groups in total. The molecule has 0 aromatic rings. The topological polar surface area (TPSA) is 29.5 Å². The van der Waals surface area contributed by atoms with Crippen LogP contribution in [0.4, 0.5) is 0 Å². The number of rotatable bonds is 6. The highest BCUT2D eigenvalue weighted by Gasteiger charge is 2.43. The van der Waals surface area contributed by atoms with Crippen molar-refractivity contribution >= 4 is 5.97 Å². The summed E-state index contributed by atoms with van der Waals surface area (Å²) in [6.07, 6.45) is 4.02. The molecular formula is C16H31NO2. The molecule has 0 heterocycles. The minimum absolute atomic E-state index is 0.0294. The maximum atomic E-state index is 12.0. The Labute approximate surface area is 118 Å². The Bertz CT molecular complexity index is 288. The fourth-order valence-corrected chi connectivity index (χ4v) is 3.62. The van der Waals surface area contributed by atoms with Crippen molar-refractivity contribution in [2.75, 3.05) is 19.7 Å². The number of hydrogen-bond acceptors (Lipinski definition) is 3. The monoisotopic (exact) mass is 269 g/mol. The van der Waals surface area contributed by atoms with Gasteiger partial charge in [0, 0.05) is 5.54 Å². The molecule has 0 amide bonds. The van der Waals surface area contributed by atoms with Gasteiger partial charge in [0.15, 0.2) is 0 Å². The second-order valence-corrected chi connectivity index (χ2v) is 6.08. The highest BCUT2D eigenvalue weighted by Crippen LogP contribution is 2.42. The van der Waals surface area contributed by atoms with Gasteiger partial charge in [-0.2, -0.15) is 0 Å². The Balaban J connectivity index is 2.87. The van der Waals surface area contributed by atoms with Crippen molar-refractivity contribution in [3.63, 3.8) is 0 Å². The van der Waals surface area contributed by atoms with E-state index < -0.39 is 0 Å². The average Bonchev–Trinajstić information content (AvgIpc) is 2.36. The molecule has 1 aliphatic carbocycles. The quantitative estimate of drug-likeness (QED) is 0.691. The number of esters is 1. The first-order chi connectivity index (χ1) is 8.99. The zero-order valence-electron chi connectivity index (χ0n) is 13.4. The molecule has 0 bridgehead atoms. The van der Waals surface area contributed by atoms with Crippen LogP contribution in [0.1, 0.15) is 60.3 Å². The molecule has 0 aromatic heterocycles. The van der Waals surface area contributed by atoms with E-state index >= 15 is 0 Å². The van der Waals surface area contributed by atoms with E-state index in [4.69, 9.17) is 4.74 Å². The standard InChI is InChI=1S/C16H31NO2/c1-6-17(7-2)16(12-15(18)19-8-3)10-9-13(4)14(5)11-16/h13-14H,6-12H2,1-5H3. The molecule has 1 fully saturated rings. The fraction of sp³-hybridized carbons (Fsp3) is 0.938. The van der Waals surface area contributed by atoms with Crippen molar-refractivity contribution in [3.05, 3.63) is 0 Å². The normalized spacial score (nSPS) is 31.5. The second kappa shape index (κ2) is 7.28. The maximum absolute atomic E-state index is 12.0. The smallest absolute Gasteiger partial charge is 0.307 e. The van der Waals surface area contributed by atoms with E-state index in [-0.39, 0.29) is 11.5 Å². The Morgan fingerprint density at radius 3 is 2.32 bits per heavy atom. The Morgan fingerprint density at radius 2 is 1.84 bits per heavy atom. The Hall–Kier alpha value is -0.570. The van der Waals surface area contributed by atoms with Gasteiger partial charge in [-0.05, 0) is 51.1 Å². The van der Waals surface area contributed by atoms with Crippen LogP contribution in [-0.4, -0.2) is 36.1 Å². The van der Waals surface area contributed by atoms with Gasteiger partial charge in [-0.25, -0.2) is 0 Å². The van der Waals surface area contributed by atoms with Crippen LogP contribution in [-0.2, 0) is 9.53 Å². The number of carbonyl (C=O) groups excluding carboxylic acids is 1. The van der Waals surface area contributed by atoms with Crippen molar-refractivity contribution in [1.29, 1.82) is 0 Å². The van der Waals surface area contributed by atoms with Crippen molar-refractivity contribution in [1.82, 2.24) is 4.90 Å². The zero-order valence-corrected chi connectivity index (χ0v) is 13.4. The van der Waals surface area contributed by atoms with Gasteiger partial charge in [-0.15, -0.1) is 0 Å². The lowest BCUT2D eigenvalue weighted by Crippen LogP contribution is -2.53. The SMILES string of the molecule is CCOC(=O)CC1(N(CC)CC)CCC(C)C(C)C1. The molecule has 1 aliphatic rings. The lowest BCUT2D eigenvalue weighted by atomic mass is 9.69. The molecule has 0 aromatic carbocycles. The van der Waals surface area contributed by atoms with Crippen LogP contribution in [0.2, 0.25) is 0 Å². The van der Waals surface area contributed by atoms with Crippen molar-refractivity contribution in [2.24, 2.45) is 11.8 Å². The molecule has 0 saturated heterocycles. The van der Waals surface area contributed by atoms with Crippen LogP contribution in [0.15, 0.2) is 0 Å². The predicted octanol–water partition coefficient (Wildman–Crippen LogP) is 3.48. The molecule has 112 valence electrons. The van der Waals surface area contributed by atoms with Gasteiger partial charge in [-0.1, -0.05) is 27.7 Å². The molecule has 0 spiro atoms. The summed E-state index contributed by atoms with van der Waals surface area (Å²) in [6, 6.07) is 0. The first-order valence-electron chi connectivity index (χ1n) is 7.89. The largest absolute Gasteiger partial charge is 0.466 e.